The van der Waals surface area contributed by atoms with E-state index in [1.54, 1.807) is 38.4 Å². The molecule has 0 saturated carbocycles. The van der Waals surface area contributed by atoms with Gasteiger partial charge in [0.2, 0.25) is 0 Å². The zero-order valence-electron chi connectivity index (χ0n) is 11.2. The molecule has 0 spiro atoms. The molecular weight excluding hydrogens is 278 g/mol. The fourth-order valence-corrected chi connectivity index (χ4v) is 2.03. The van der Waals surface area contributed by atoms with E-state index in [1.807, 2.05) is 12.1 Å². The maximum absolute atomic E-state index is 12.0. The molecule has 0 unspecified atom stereocenters. The molecule has 0 saturated heterocycles. The Morgan fingerprint density at radius 2 is 1.95 bits per heavy atom. The van der Waals surface area contributed by atoms with Gasteiger partial charge in [0.15, 0.2) is 0 Å². The molecule has 1 aromatic carbocycles. The lowest BCUT2D eigenvalue weighted by Gasteiger charge is -2.10. The van der Waals surface area contributed by atoms with E-state index in [0.29, 0.717) is 10.7 Å². The summed E-state index contributed by atoms with van der Waals surface area (Å²) < 4.78 is 10.1. The Morgan fingerprint density at radius 3 is 2.55 bits per heavy atom. The van der Waals surface area contributed by atoms with Crippen molar-refractivity contribution in [1.82, 2.24) is 4.98 Å². The summed E-state index contributed by atoms with van der Waals surface area (Å²) in [7, 11) is 1.59. The van der Waals surface area contributed by atoms with E-state index >= 15 is 0 Å². The topological polar surface area (TPSA) is 48.4 Å². The third kappa shape index (κ3) is 2.91. The molecule has 0 atom stereocenters. The van der Waals surface area contributed by atoms with E-state index in [2.05, 4.69) is 4.98 Å². The number of hydrogen-bond acceptors (Lipinski definition) is 4. The second-order valence-corrected chi connectivity index (χ2v) is 4.37. The van der Waals surface area contributed by atoms with Gasteiger partial charge in [-0.3, -0.25) is 4.98 Å². The van der Waals surface area contributed by atoms with Crippen LogP contribution in [0.1, 0.15) is 17.3 Å². The largest absolute Gasteiger partial charge is 0.497 e. The van der Waals surface area contributed by atoms with Crippen molar-refractivity contribution < 1.29 is 14.3 Å². The van der Waals surface area contributed by atoms with Crippen LogP contribution >= 0.6 is 11.6 Å². The number of pyridine rings is 1. The summed E-state index contributed by atoms with van der Waals surface area (Å²) in [6, 6.07) is 8.81. The van der Waals surface area contributed by atoms with Gasteiger partial charge in [-0.2, -0.15) is 0 Å². The zero-order valence-corrected chi connectivity index (χ0v) is 12.0. The van der Waals surface area contributed by atoms with Gasteiger partial charge in [-0.25, -0.2) is 4.79 Å². The minimum atomic E-state index is -0.476. The van der Waals surface area contributed by atoms with Crippen molar-refractivity contribution in [1.29, 1.82) is 0 Å². The van der Waals surface area contributed by atoms with Crippen LogP contribution in [0.3, 0.4) is 0 Å². The van der Waals surface area contributed by atoms with Crippen LogP contribution in [0, 0.1) is 0 Å². The second kappa shape index (κ2) is 6.39. The van der Waals surface area contributed by atoms with Gasteiger partial charge in [0, 0.05) is 11.8 Å². The maximum atomic E-state index is 12.0. The van der Waals surface area contributed by atoms with E-state index in [0.717, 1.165) is 11.3 Å². The Labute approximate surface area is 122 Å². The first-order chi connectivity index (χ1) is 9.67. The number of aromatic nitrogens is 1. The Kier molecular flexibility index (Phi) is 4.58. The molecular formula is C15H14ClNO3. The Bertz CT molecular complexity index is 611. The summed E-state index contributed by atoms with van der Waals surface area (Å²) >= 11 is 6.10. The Balaban J connectivity index is 2.49. The lowest BCUT2D eigenvalue weighted by molar-refractivity contribution is 0.0527. The lowest BCUT2D eigenvalue weighted by Crippen LogP contribution is -2.08. The van der Waals surface area contributed by atoms with E-state index in [-0.39, 0.29) is 12.2 Å². The van der Waals surface area contributed by atoms with Crippen molar-refractivity contribution in [3.63, 3.8) is 0 Å². The summed E-state index contributed by atoms with van der Waals surface area (Å²) in [5, 5.41) is 0.323. The van der Waals surface area contributed by atoms with Gasteiger partial charge in [0.1, 0.15) is 11.3 Å². The quantitative estimate of drug-likeness (QED) is 0.808. The number of nitrogens with zero attached hydrogens (tertiary/aromatic N) is 1. The molecule has 104 valence electrons. The maximum Gasteiger partial charge on any atom is 0.341 e. The predicted octanol–water partition coefficient (Wildman–Crippen LogP) is 3.59. The standard InChI is InChI=1S/C15H14ClNO3/c1-3-20-15(18)13-12(16)8-9-17-14(13)10-4-6-11(19-2)7-5-10/h4-9H,3H2,1-2H3. The van der Waals surface area contributed by atoms with Crippen LogP contribution in [0.4, 0.5) is 0 Å². The number of carbonyl (C=O) groups is 1. The summed E-state index contributed by atoms with van der Waals surface area (Å²) in [4.78, 5) is 16.3. The highest BCUT2D eigenvalue weighted by atomic mass is 35.5. The second-order valence-electron chi connectivity index (χ2n) is 3.97. The number of ether oxygens (including phenoxy) is 2. The molecule has 5 heteroatoms. The first kappa shape index (κ1) is 14.3. The van der Waals surface area contributed by atoms with Crippen molar-refractivity contribution in [2.75, 3.05) is 13.7 Å². The molecule has 20 heavy (non-hydrogen) atoms. The number of benzene rings is 1. The molecule has 0 fully saturated rings. The van der Waals surface area contributed by atoms with Crippen LogP contribution in [0.2, 0.25) is 5.02 Å². The van der Waals surface area contributed by atoms with Crippen LogP contribution in [0.5, 0.6) is 5.75 Å². The van der Waals surface area contributed by atoms with E-state index in [9.17, 15) is 4.79 Å². The van der Waals surface area contributed by atoms with E-state index < -0.39 is 5.97 Å². The summed E-state index contributed by atoms with van der Waals surface area (Å²) in [5.41, 5.74) is 1.55. The number of halogens is 1. The molecule has 0 aliphatic carbocycles. The number of methoxy groups -OCH3 is 1. The van der Waals surface area contributed by atoms with Crippen molar-refractivity contribution in [2.45, 2.75) is 6.92 Å². The van der Waals surface area contributed by atoms with Crippen molar-refractivity contribution in [2.24, 2.45) is 0 Å². The third-order valence-electron chi connectivity index (χ3n) is 2.74. The van der Waals surface area contributed by atoms with Crippen LogP contribution in [-0.2, 0) is 4.74 Å². The molecule has 1 aromatic heterocycles. The number of esters is 1. The van der Waals surface area contributed by atoms with Gasteiger partial charge in [-0.1, -0.05) is 11.6 Å². The molecule has 0 amide bonds. The van der Waals surface area contributed by atoms with Gasteiger partial charge in [0.25, 0.3) is 0 Å². The first-order valence-corrected chi connectivity index (χ1v) is 6.51. The highest BCUT2D eigenvalue weighted by Crippen LogP contribution is 2.28. The zero-order chi connectivity index (χ0) is 14.5. The molecule has 0 aliphatic rings. The van der Waals surface area contributed by atoms with Gasteiger partial charge < -0.3 is 9.47 Å². The molecule has 1 heterocycles. The fourth-order valence-electron chi connectivity index (χ4n) is 1.80. The Morgan fingerprint density at radius 1 is 1.25 bits per heavy atom. The smallest absolute Gasteiger partial charge is 0.341 e. The van der Waals surface area contributed by atoms with Crippen molar-refractivity contribution in [3.05, 3.63) is 47.1 Å². The van der Waals surface area contributed by atoms with Gasteiger partial charge in [-0.05, 0) is 37.3 Å². The molecule has 0 bridgehead atoms. The summed E-state index contributed by atoms with van der Waals surface area (Å²) in [6.07, 6.45) is 1.56. The molecule has 0 aliphatic heterocycles. The number of rotatable bonds is 4. The molecule has 2 aromatic rings. The van der Waals surface area contributed by atoms with Crippen molar-refractivity contribution >= 4 is 17.6 Å². The summed E-state index contributed by atoms with van der Waals surface area (Å²) in [6.45, 7) is 2.03. The Hall–Kier alpha value is -2.07. The normalized spacial score (nSPS) is 10.2. The highest BCUT2D eigenvalue weighted by molar-refractivity contribution is 6.34. The third-order valence-corrected chi connectivity index (χ3v) is 3.06. The predicted molar refractivity (Wildman–Crippen MR) is 77.2 cm³/mol. The minimum absolute atomic E-state index is 0.279. The highest BCUT2D eigenvalue weighted by Gasteiger charge is 2.19. The van der Waals surface area contributed by atoms with Crippen LogP contribution in [-0.4, -0.2) is 24.7 Å². The summed E-state index contributed by atoms with van der Waals surface area (Å²) in [5.74, 6) is 0.255. The number of hydrogen-bond donors (Lipinski definition) is 0. The molecule has 2 rings (SSSR count). The molecule has 0 N–H and O–H groups in total. The minimum Gasteiger partial charge on any atom is -0.497 e. The average molecular weight is 292 g/mol. The lowest BCUT2D eigenvalue weighted by atomic mass is 10.1. The van der Waals surface area contributed by atoms with E-state index in [1.165, 1.54) is 0 Å². The van der Waals surface area contributed by atoms with E-state index in [4.69, 9.17) is 21.1 Å². The molecule has 4 nitrogen and oxygen atoms in total. The fraction of sp³-hybridized carbons (Fsp3) is 0.200. The average Bonchev–Trinajstić information content (AvgIpc) is 2.47. The monoisotopic (exact) mass is 291 g/mol. The van der Waals surface area contributed by atoms with Gasteiger partial charge >= 0.3 is 5.97 Å². The van der Waals surface area contributed by atoms with Gasteiger partial charge in [0.05, 0.1) is 24.4 Å². The van der Waals surface area contributed by atoms with Gasteiger partial charge in [-0.15, -0.1) is 0 Å². The van der Waals surface area contributed by atoms with Crippen molar-refractivity contribution in [3.8, 4) is 17.0 Å². The number of carbonyl (C=O) groups excluding carboxylic acids is 1. The first-order valence-electron chi connectivity index (χ1n) is 6.13. The van der Waals surface area contributed by atoms with Crippen LogP contribution in [0.25, 0.3) is 11.3 Å². The molecule has 0 radical (unpaired) electrons. The van der Waals surface area contributed by atoms with Crippen LogP contribution < -0.4 is 4.74 Å². The SMILES string of the molecule is CCOC(=O)c1c(Cl)ccnc1-c1ccc(OC)cc1. The van der Waals surface area contributed by atoms with Crippen LogP contribution in [0.15, 0.2) is 36.5 Å².